The van der Waals surface area contributed by atoms with Gasteiger partial charge >= 0.3 is 12.0 Å². The highest BCUT2D eigenvalue weighted by Gasteiger charge is 2.36. The molecule has 0 spiro atoms. The lowest BCUT2D eigenvalue weighted by Crippen LogP contribution is -2.56. The Hall–Kier alpha value is -1.30. The van der Waals surface area contributed by atoms with Crippen LogP contribution >= 0.6 is 0 Å². The average molecular weight is 232 g/mol. The summed E-state index contributed by atoms with van der Waals surface area (Å²) in [5, 5.41) is 14.1. The van der Waals surface area contributed by atoms with Crippen LogP contribution in [0.4, 0.5) is 4.79 Å². The monoisotopic (exact) mass is 232 g/mol. The van der Waals surface area contributed by atoms with Crippen molar-refractivity contribution in [2.24, 2.45) is 0 Å². The lowest BCUT2D eigenvalue weighted by molar-refractivity contribution is -0.144. The SMILES string of the molecule is CCC(CC)(NC(=O)NCCOC)C(=O)O. The largest absolute Gasteiger partial charge is 0.480 e. The molecule has 0 radical (unpaired) electrons. The quantitative estimate of drug-likeness (QED) is 0.560. The van der Waals surface area contributed by atoms with Crippen molar-refractivity contribution in [1.29, 1.82) is 0 Å². The van der Waals surface area contributed by atoms with Crippen molar-refractivity contribution in [3.05, 3.63) is 0 Å². The van der Waals surface area contributed by atoms with Crippen LogP contribution in [0.25, 0.3) is 0 Å². The predicted octanol–water partition coefficient (Wildman–Crippen LogP) is 0.575. The summed E-state index contributed by atoms with van der Waals surface area (Å²) in [6.45, 7) is 4.21. The van der Waals surface area contributed by atoms with Crippen molar-refractivity contribution in [3.63, 3.8) is 0 Å². The molecule has 0 aromatic heterocycles. The van der Waals surface area contributed by atoms with Crippen molar-refractivity contribution in [2.45, 2.75) is 32.2 Å². The molecule has 0 aliphatic heterocycles. The first kappa shape index (κ1) is 14.7. The molecule has 0 aromatic carbocycles. The van der Waals surface area contributed by atoms with Gasteiger partial charge in [-0.05, 0) is 12.8 Å². The Kier molecular flexibility index (Phi) is 6.48. The third-order valence-corrected chi connectivity index (χ3v) is 2.56. The van der Waals surface area contributed by atoms with E-state index in [0.717, 1.165) is 0 Å². The van der Waals surface area contributed by atoms with Gasteiger partial charge in [0.25, 0.3) is 0 Å². The number of hydrogen-bond donors (Lipinski definition) is 3. The number of aliphatic carboxylic acids is 1. The topological polar surface area (TPSA) is 87.7 Å². The molecule has 0 heterocycles. The summed E-state index contributed by atoms with van der Waals surface area (Å²) in [5.41, 5.74) is -1.18. The third-order valence-electron chi connectivity index (χ3n) is 2.56. The van der Waals surface area contributed by atoms with Crippen LogP contribution in [0.5, 0.6) is 0 Å². The second kappa shape index (κ2) is 7.05. The maximum Gasteiger partial charge on any atom is 0.329 e. The third kappa shape index (κ3) is 4.06. The number of carbonyl (C=O) groups is 2. The first-order valence-corrected chi connectivity index (χ1v) is 5.30. The highest BCUT2D eigenvalue weighted by Crippen LogP contribution is 2.14. The molecule has 3 N–H and O–H groups in total. The number of hydrogen-bond acceptors (Lipinski definition) is 3. The number of ether oxygens (including phenoxy) is 1. The van der Waals surface area contributed by atoms with Crippen LogP contribution < -0.4 is 10.6 Å². The van der Waals surface area contributed by atoms with Gasteiger partial charge in [-0.3, -0.25) is 0 Å². The standard InChI is InChI=1S/C10H20N2O4/c1-4-10(5-2,8(13)14)12-9(15)11-6-7-16-3/h4-7H2,1-3H3,(H,13,14)(H2,11,12,15). The summed E-state index contributed by atoms with van der Waals surface area (Å²) in [5.74, 6) is -1.01. The van der Waals surface area contributed by atoms with Gasteiger partial charge < -0.3 is 20.5 Å². The lowest BCUT2D eigenvalue weighted by Gasteiger charge is -2.27. The zero-order valence-electron chi connectivity index (χ0n) is 10.0. The molecule has 0 aliphatic rings. The summed E-state index contributed by atoms with van der Waals surface area (Å²) in [4.78, 5) is 22.5. The van der Waals surface area contributed by atoms with Crippen LogP contribution in [0.15, 0.2) is 0 Å². The maximum absolute atomic E-state index is 11.4. The molecule has 6 heteroatoms. The molecule has 0 unspecified atom stereocenters. The number of carbonyl (C=O) groups excluding carboxylic acids is 1. The molecule has 0 bridgehead atoms. The maximum atomic E-state index is 11.4. The van der Waals surface area contributed by atoms with Crippen LogP contribution in [0.2, 0.25) is 0 Å². The molecule has 0 saturated carbocycles. The highest BCUT2D eigenvalue weighted by atomic mass is 16.5. The first-order chi connectivity index (χ1) is 7.52. The smallest absolute Gasteiger partial charge is 0.329 e. The summed E-state index contributed by atoms with van der Waals surface area (Å²) < 4.78 is 4.76. The summed E-state index contributed by atoms with van der Waals surface area (Å²) >= 11 is 0. The van der Waals surface area contributed by atoms with Crippen LogP contribution in [0.3, 0.4) is 0 Å². The molecule has 0 fully saturated rings. The molecule has 16 heavy (non-hydrogen) atoms. The summed E-state index contributed by atoms with van der Waals surface area (Å²) in [7, 11) is 1.53. The molecular formula is C10H20N2O4. The van der Waals surface area contributed by atoms with Crippen molar-refractivity contribution in [1.82, 2.24) is 10.6 Å². The minimum absolute atomic E-state index is 0.344. The van der Waals surface area contributed by atoms with Crippen molar-refractivity contribution in [3.8, 4) is 0 Å². The Balaban J connectivity index is 4.29. The zero-order chi connectivity index (χ0) is 12.6. The minimum Gasteiger partial charge on any atom is -0.480 e. The van der Waals surface area contributed by atoms with Gasteiger partial charge in [0.1, 0.15) is 5.54 Å². The number of urea groups is 1. The van der Waals surface area contributed by atoms with E-state index in [9.17, 15) is 9.59 Å². The normalized spacial score (nSPS) is 10.9. The molecule has 0 saturated heterocycles. The van der Waals surface area contributed by atoms with Gasteiger partial charge in [-0.15, -0.1) is 0 Å². The molecule has 0 aliphatic carbocycles. The van der Waals surface area contributed by atoms with Crippen LogP contribution in [0.1, 0.15) is 26.7 Å². The van der Waals surface area contributed by atoms with E-state index in [-0.39, 0.29) is 0 Å². The number of carboxylic acid groups (broad SMARTS) is 1. The summed E-state index contributed by atoms with van der Waals surface area (Å²) in [6.07, 6.45) is 0.688. The van der Waals surface area contributed by atoms with Gasteiger partial charge in [0.05, 0.1) is 6.61 Å². The predicted molar refractivity (Wildman–Crippen MR) is 59.4 cm³/mol. The lowest BCUT2D eigenvalue weighted by atomic mass is 9.93. The molecule has 6 nitrogen and oxygen atoms in total. The van der Waals surface area contributed by atoms with Crippen molar-refractivity contribution < 1.29 is 19.4 Å². The van der Waals surface area contributed by atoms with E-state index in [4.69, 9.17) is 9.84 Å². The van der Waals surface area contributed by atoms with Crippen LogP contribution in [-0.4, -0.2) is 42.9 Å². The van der Waals surface area contributed by atoms with E-state index >= 15 is 0 Å². The Morgan fingerprint density at radius 2 is 1.88 bits per heavy atom. The number of methoxy groups -OCH3 is 1. The van der Waals surface area contributed by atoms with E-state index in [2.05, 4.69) is 10.6 Å². The Labute approximate surface area is 95.4 Å². The number of nitrogens with one attached hydrogen (secondary N) is 2. The van der Waals surface area contributed by atoms with Crippen molar-refractivity contribution >= 4 is 12.0 Å². The Morgan fingerprint density at radius 1 is 1.31 bits per heavy atom. The van der Waals surface area contributed by atoms with Crippen LogP contribution in [-0.2, 0) is 9.53 Å². The second-order valence-electron chi connectivity index (χ2n) is 3.47. The fourth-order valence-electron chi connectivity index (χ4n) is 1.31. The molecule has 0 aromatic rings. The molecular weight excluding hydrogens is 212 g/mol. The number of amides is 2. The Morgan fingerprint density at radius 3 is 2.25 bits per heavy atom. The van der Waals surface area contributed by atoms with E-state index < -0.39 is 17.5 Å². The van der Waals surface area contributed by atoms with Crippen LogP contribution in [0, 0.1) is 0 Å². The Bertz CT molecular complexity index is 239. The highest BCUT2D eigenvalue weighted by molar-refractivity contribution is 5.86. The van der Waals surface area contributed by atoms with E-state index in [0.29, 0.717) is 26.0 Å². The molecule has 2 amide bonds. The van der Waals surface area contributed by atoms with Gasteiger partial charge in [0.15, 0.2) is 0 Å². The van der Waals surface area contributed by atoms with Gasteiger partial charge in [-0.2, -0.15) is 0 Å². The van der Waals surface area contributed by atoms with Gasteiger partial charge in [0, 0.05) is 13.7 Å². The fourth-order valence-corrected chi connectivity index (χ4v) is 1.31. The van der Waals surface area contributed by atoms with Gasteiger partial charge in [-0.1, -0.05) is 13.8 Å². The van der Waals surface area contributed by atoms with Gasteiger partial charge in [-0.25, -0.2) is 9.59 Å². The van der Waals surface area contributed by atoms with E-state index in [1.165, 1.54) is 7.11 Å². The molecule has 0 atom stereocenters. The summed E-state index contributed by atoms with van der Waals surface area (Å²) in [6, 6.07) is -0.483. The minimum atomic E-state index is -1.18. The van der Waals surface area contributed by atoms with Gasteiger partial charge in [0.2, 0.25) is 0 Å². The second-order valence-corrected chi connectivity index (χ2v) is 3.47. The number of rotatable bonds is 7. The van der Waals surface area contributed by atoms with Crippen molar-refractivity contribution in [2.75, 3.05) is 20.3 Å². The first-order valence-electron chi connectivity index (χ1n) is 5.30. The average Bonchev–Trinajstić information content (AvgIpc) is 2.26. The molecule has 94 valence electrons. The number of carboxylic acids is 1. The molecule has 0 rings (SSSR count). The van der Waals surface area contributed by atoms with E-state index in [1.54, 1.807) is 13.8 Å². The zero-order valence-corrected chi connectivity index (χ0v) is 10.0. The van der Waals surface area contributed by atoms with E-state index in [1.807, 2.05) is 0 Å². The fraction of sp³-hybridized carbons (Fsp3) is 0.800.